The molecule has 0 unspecified atom stereocenters. The zero-order chi connectivity index (χ0) is 9.62. The van der Waals surface area contributed by atoms with Crippen molar-refractivity contribution in [3.05, 3.63) is 0 Å². The molecule has 1 aliphatic carbocycles. The highest BCUT2D eigenvalue weighted by atomic mass is 19.4. The molecule has 0 N–H and O–H groups in total. The molecule has 0 radical (unpaired) electrons. The summed E-state index contributed by atoms with van der Waals surface area (Å²) in [7, 11) is 0. The number of hydrogen-bond donors (Lipinski definition) is 0. The number of halogens is 3. The summed E-state index contributed by atoms with van der Waals surface area (Å²) in [4.78, 5) is 0. The third kappa shape index (κ3) is 1.34. The molecule has 0 aromatic heterocycles. The molecule has 1 fully saturated rings. The van der Waals surface area contributed by atoms with Gasteiger partial charge in [0.15, 0.2) is 0 Å². The minimum Gasteiger partial charge on any atom is -0.171 e. The largest absolute Gasteiger partial charge is 0.394 e. The molecule has 0 aromatic carbocycles. The van der Waals surface area contributed by atoms with Crippen molar-refractivity contribution in [1.82, 2.24) is 0 Å². The summed E-state index contributed by atoms with van der Waals surface area (Å²) in [5.41, 5.74) is -1.47. The van der Waals surface area contributed by atoms with E-state index in [0.29, 0.717) is 12.8 Å². The first-order chi connectivity index (χ1) is 5.22. The van der Waals surface area contributed by atoms with Crippen LogP contribution in [-0.4, -0.2) is 6.18 Å². The van der Waals surface area contributed by atoms with Crippen LogP contribution in [0.15, 0.2) is 0 Å². The molecular weight excluding hydrogens is 165 g/mol. The quantitative estimate of drug-likeness (QED) is 0.576. The predicted octanol–water partition coefficient (Wildman–Crippen LogP) is 3.77. The predicted molar refractivity (Wildman–Crippen MR) is 41.8 cm³/mol. The van der Waals surface area contributed by atoms with Crippen molar-refractivity contribution in [2.75, 3.05) is 0 Å². The minimum absolute atomic E-state index is 0.106. The number of hydrogen-bond acceptors (Lipinski definition) is 0. The highest BCUT2D eigenvalue weighted by Gasteiger charge is 2.63. The van der Waals surface area contributed by atoms with Crippen LogP contribution in [0, 0.1) is 10.8 Å². The normalized spacial score (nSPS) is 26.5. The average molecular weight is 180 g/mol. The molecule has 0 spiro atoms. The Kier molecular flexibility index (Phi) is 1.97. The summed E-state index contributed by atoms with van der Waals surface area (Å²) in [5, 5.41) is 0. The highest BCUT2D eigenvalue weighted by Crippen LogP contribution is 2.63. The monoisotopic (exact) mass is 180 g/mol. The SMILES string of the molecule is CCC1(C(F)(F)F)CC(C)(C)C1. The summed E-state index contributed by atoms with van der Waals surface area (Å²) >= 11 is 0. The average Bonchev–Trinajstić information content (AvgIpc) is 1.78. The molecule has 0 amide bonds. The zero-order valence-corrected chi connectivity index (χ0v) is 7.76. The molecular formula is C9H15F3. The summed E-state index contributed by atoms with van der Waals surface area (Å²) in [6, 6.07) is 0. The zero-order valence-electron chi connectivity index (χ0n) is 7.76. The van der Waals surface area contributed by atoms with Crippen LogP contribution in [0.4, 0.5) is 13.2 Å². The molecule has 1 saturated carbocycles. The Morgan fingerprint density at radius 1 is 1.17 bits per heavy atom. The summed E-state index contributed by atoms with van der Waals surface area (Å²) in [6.07, 6.45) is -3.20. The van der Waals surface area contributed by atoms with Crippen LogP contribution in [0.1, 0.15) is 40.0 Å². The van der Waals surface area contributed by atoms with E-state index in [1.165, 1.54) is 0 Å². The number of rotatable bonds is 1. The van der Waals surface area contributed by atoms with Gasteiger partial charge in [0.25, 0.3) is 0 Å². The second kappa shape index (κ2) is 2.39. The van der Waals surface area contributed by atoms with E-state index in [1.807, 2.05) is 13.8 Å². The molecule has 0 bridgehead atoms. The molecule has 3 heteroatoms. The lowest BCUT2D eigenvalue weighted by molar-refractivity contribution is -0.278. The molecule has 1 aliphatic rings. The maximum Gasteiger partial charge on any atom is 0.394 e. The van der Waals surface area contributed by atoms with E-state index in [0.717, 1.165) is 0 Å². The van der Waals surface area contributed by atoms with Gasteiger partial charge in [0.05, 0.1) is 5.41 Å². The van der Waals surface area contributed by atoms with Gasteiger partial charge in [-0.2, -0.15) is 13.2 Å². The van der Waals surface area contributed by atoms with Gasteiger partial charge in [-0.05, 0) is 24.7 Å². The fourth-order valence-electron chi connectivity index (χ4n) is 2.43. The van der Waals surface area contributed by atoms with Crippen LogP contribution in [0.5, 0.6) is 0 Å². The van der Waals surface area contributed by atoms with Crippen molar-refractivity contribution in [3.63, 3.8) is 0 Å². The van der Waals surface area contributed by atoms with Crippen molar-refractivity contribution < 1.29 is 13.2 Å². The first-order valence-corrected chi connectivity index (χ1v) is 4.29. The van der Waals surface area contributed by atoms with Gasteiger partial charge < -0.3 is 0 Å². The van der Waals surface area contributed by atoms with Gasteiger partial charge in [0, 0.05) is 0 Å². The Labute approximate surface area is 71.1 Å². The molecule has 0 aromatic rings. The molecule has 72 valence electrons. The molecule has 0 aliphatic heterocycles. The van der Waals surface area contributed by atoms with Crippen LogP contribution in [-0.2, 0) is 0 Å². The Bertz CT molecular complexity index is 171. The third-order valence-electron chi connectivity index (χ3n) is 2.91. The first kappa shape index (κ1) is 9.87. The van der Waals surface area contributed by atoms with Crippen LogP contribution in [0.2, 0.25) is 0 Å². The lowest BCUT2D eigenvalue weighted by atomic mass is 9.53. The molecule has 0 atom stereocenters. The van der Waals surface area contributed by atoms with Gasteiger partial charge in [-0.3, -0.25) is 0 Å². The van der Waals surface area contributed by atoms with Gasteiger partial charge in [0.2, 0.25) is 0 Å². The van der Waals surface area contributed by atoms with E-state index in [-0.39, 0.29) is 11.8 Å². The van der Waals surface area contributed by atoms with E-state index < -0.39 is 11.6 Å². The Balaban J connectivity index is 2.72. The third-order valence-corrected chi connectivity index (χ3v) is 2.91. The molecule has 0 heterocycles. The minimum atomic E-state index is -4.00. The van der Waals surface area contributed by atoms with Crippen LogP contribution in [0.25, 0.3) is 0 Å². The van der Waals surface area contributed by atoms with E-state index in [2.05, 4.69) is 0 Å². The van der Waals surface area contributed by atoms with Gasteiger partial charge in [-0.25, -0.2) is 0 Å². The van der Waals surface area contributed by atoms with Crippen LogP contribution >= 0.6 is 0 Å². The molecule has 12 heavy (non-hydrogen) atoms. The highest BCUT2D eigenvalue weighted by molar-refractivity contribution is 5.02. The fraction of sp³-hybridized carbons (Fsp3) is 1.00. The lowest BCUT2D eigenvalue weighted by Gasteiger charge is -2.53. The van der Waals surface area contributed by atoms with Gasteiger partial charge >= 0.3 is 6.18 Å². The van der Waals surface area contributed by atoms with Crippen molar-refractivity contribution in [2.24, 2.45) is 10.8 Å². The Hall–Kier alpha value is -0.210. The van der Waals surface area contributed by atoms with E-state index in [9.17, 15) is 13.2 Å². The summed E-state index contributed by atoms with van der Waals surface area (Å²) in [5.74, 6) is 0. The fourth-order valence-corrected chi connectivity index (χ4v) is 2.43. The second-order valence-corrected chi connectivity index (χ2v) is 4.65. The van der Waals surface area contributed by atoms with Crippen molar-refractivity contribution in [1.29, 1.82) is 0 Å². The topological polar surface area (TPSA) is 0 Å². The van der Waals surface area contributed by atoms with E-state index in [1.54, 1.807) is 6.92 Å². The summed E-state index contributed by atoms with van der Waals surface area (Å²) < 4.78 is 37.5. The Morgan fingerprint density at radius 3 is 1.67 bits per heavy atom. The van der Waals surface area contributed by atoms with Crippen LogP contribution < -0.4 is 0 Å². The summed E-state index contributed by atoms with van der Waals surface area (Å²) in [6.45, 7) is 5.42. The molecule has 0 nitrogen and oxygen atoms in total. The van der Waals surface area contributed by atoms with Gasteiger partial charge in [0.1, 0.15) is 0 Å². The molecule has 1 rings (SSSR count). The maximum atomic E-state index is 12.5. The van der Waals surface area contributed by atoms with Crippen molar-refractivity contribution in [2.45, 2.75) is 46.2 Å². The first-order valence-electron chi connectivity index (χ1n) is 4.29. The van der Waals surface area contributed by atoms with Gasteiger partial charge in [-0.15, -0.1) is 0 Å². The lowest BCUT2D eigenvalue weighted by Crippen LogP contribution is -2.52. The Morgan fingerprint density at radius 2 is 1.58 bits per heavy atom. The smallest absolute Gasteiger partial charge is 0.171 e. The molecule has 0 saturated heterocycles. The van der Waals surface area contributed by atoms with Crippen LogP contribution in [0.3, 0.4) is 0 Å². The van der Waals surface area contributed by atoms with Gasteiger partial charge in [-0.1, -0.05) is 20.8 Å². The van der Waals surface area contributed by atoms with E-state index >= 15 is 0 Å². The second-order valence-electron chi connectivity index (χ2n) is 4.65. The maximum absolute atomic E-state index is 12.5. The van der Waals surface area contributed by atoms with Crippen molar-refractivity contribution in [3.8, 4) is 0 Å². The van der Waals surface area contributed by atoms with Crippen molar-refractivity contribution >= 4 is 0 Å². The standard InChI is InChI=1S/C9H15F3/c1-4-8(9(10,11)12)5-7(2,3)6-8/h4-6H2,1-3H3. The van der Waals surface area contributed by atoms with E-state index in [4.69, 9.17) is 0 Å². The number of alkyl halides is 3.